The smallest absolute Gasteiger partial charge is 0.416 e. The lowest BCUT2D eigenvalue weighted by Crippen LogP contribution is -2.49. The van der Waals surface area contributed by atoms with Crippen LogP contribution in [-0.2, 0) is 11.0 Å². The molecule has 4 nitrogen and oxygen atoms in total. The van der Waals surface area contributed by atoms with E-state index in [4.69, 9.17) is 5.11 Å². The van der Waals surface area contributed by atoms with Crippen molar-refractivity contribution in [3.8, 4) is 0 Å². The summed E-state index contributed by atoms with van der Waals surface area (Å²) in [5, 5.41) is 9.14. The summed E-state index contributed by atoms with van der Waals surface area (Å²) in [4.78, 5) is 24.9. The SMILES string of the molecule is C[C@@H]1[C@H](C(=O)O)CCCN1C(=O)c1cccc(C(F)(F)F)c1. The minimum absolute atomic E-state index is 0.0762. The first-order valence-corrected chi connectivity index (χ1v) is 6.93. The van der Waals surface area contributed by atoms with Gasteiger partial charge < -0.3 is 10.0 Å². The molecule has 1 aromatic carbocycles. The van der Waals surface area contributed by atoms with E-state index < -0.39 is 35.6 Å². The summed E-state index contributed by atoms with van der Waals surface area (Å²) in [6, 6.07) is 3.65. The number of halogens is 3. The van der Waals surface area contributed by atoms with Crippen LogP contribution in [0, 0.1) is 5.92 Å². The summed E-state index contributed by atoms with van der Waals surface area (Å²) in [6.07, 6.45) is -3.54. The van der Waals surface area contributed by atoms with Crippen LogP contribution in [0.4, 0.5) is 13.2 Å². The van der Waals surface area contributed by atoms with Crippen LogP contribution in [0.2, 0.25) is 0 Å². The highest BCUT2D eigenvalue weighted by Gasteiger charge is 2.36. The number of carboxylic acids is 1. The molecule has 2 rings (SSSR count). The Bertz CT molecular complexity index is 586. The lowest BCUT2D eigenvalue weighted by atomic mass is 9.89. The van der Waals surface area contributed by atoms with Gasteiger partial charge in [0.15, 0.2) is 0 Å². The molecule has 1 saturated heterocycles. The molecule has 1 fully saturated rings. The van der Waals surface area contributed by atoms with Gasteiger partial charge in [0, 0.05) is 18.2 Å². The van der Waals surface area contributed by atoms with Crippen LogP contribution in [0.3, 0.4) is 0 Å². The molecule has 1 aliphatic heterocycles. The van der Waals surface area contributed by atoms with Gasteiger partial charge in [-0.3, -0.25) is 9.59 Å². The third-order valence-corrected chi connectivity index (χ3v) is 4.00. The number of carboxylic acid groups (broad SMARTS) is 1. The first kappa shape index (κ1) is 16.3. The highest BCUT2D eigenvalue weighted by molar-refractivity contribution is 5.95. The van der Waals surface area contributed by atoms with Crippen LogP contribution in [0.1, 0.15) is 35.7 Å². The van der Waals surface area contributed by atoms with Gasteiger partial charge in [-0.15, -0.1) is 0 Å². The van der Waals surface area contributed by atoms with E-state index in [1.165, 1.54) is 17.0 Å². The van der Waals surface area contributed by atoms with E-state index in [0.717, 1.165) is 12.1 Å². The first-order valence-electron chi connectivity index (χ1n) is 6.93. The summed E-state index contributed by atoms with van der Waals surface area (Å²) in [6.45, 7) is 1.96. The summed E-state index contributed by atoms with van der Waals surface area (Å²) in [5.41, 5.74) is -0.967. The number of rotatable bonds is 2. The van der Waals surface area contributed by atoms with Gasteiger partial charge in [0.1, 0.15) is 0 Å². The van der Waals surface area contributed by atoms with E-state index in [1.54, 1.807) is 6.92 Å². The number of amides is 1. The highest BCUT2D eigenvalue weighted by atomic mass is 19.4. The number of piperidine rings is 1. The molecule has 0 saturated carbocycles. The molecule has 22 heavy (non-hydrogen) atoms. The monoisotopic (exact) mass is 315 g/mol. The molecule has 0 aromatic heterocycles. The second-order valence-electron chi connectivity index (χ2n) is 5.40. The largest absolute Gasteiger partial charge is 0.481 e. The second kappa shape index (κ2) is 5.98. The minimum Gasteiger partial charge on any atom is -0.481 e. The first-order chi connectivity index (χ1) is 10.2. The quantitative estimate of drug-likeness (QED) is 0.912. The molecule has 0 aliphatic carbocycles. The normalized spacial score (nSPS) is 22.5. The number of likely N-dealkylation sites (tertiary alicyclic amines) is 1. The van der Waals surface area contributed by atoms with Crippen LogP contribution in [0.5, 0.6) is 0 Å². The van der Waals surface area contributed by atoms with Crippen molar-refractivity contribution in [1.29, 1.82) is 0 Å². The fourth-order valence-corrected chi connectivity index (χ4v) is 2.75. The maximum Gasteiger partial charge on any atom is 0.416 e. The van der Waals surface area contributed by atoms with Crippen LogP contribution >= 0.6 is 0 Å². The van der Waals surface area contributed by atoms with Crippen LogP contribution < -0.4 is 0 Å². The van der Waals surface area contributed by atoms with Gasteiger partial charge in [-0.05, 0) is 38.0 Å². The van der Waals surface area contributed by atoms with Crippen molar-refractivity contribution in [2.24, 2.45) is 5.92 Å². The lowest BCUT2D eigenvalue weighted by Gasteiger charge is -2.37. The molecule has 1 amide bonds. The van der Waals surface area contributed by atoms with Crippen molar-refractivity contribution in [1.82, 2.24) is 4.90 Å². The maximum atomic E-state index is 12.7. The zero-order chi connectivity index (χ0) is 16.5. The Kier molecular flexibility index (Phi) is 4.44. The van der Waals surface area contributed by atoms with Gasteiger partial charge in [0.05, 0.1) is 11.5 Å². The Labute approximate surface area is 125 Å². The molecular weight excluding hydrogens is 299 g/mol. The van der Waals surface area contributed by atoms with E-state index >= 15 is 0 Å². The summed E-state index contributed by atoms with van der Waals surface area (Å²) in [7, 11) is 0. The van der Waals surface area contributed by atoms with Crippen molar-refractivity contribution in [3.63, 3.8) is 0 Å². The van der Waals surface area contributed by atoms with Gasteiger partial charge in [-0.25, -0.2) is 0 Å². The molecular formula is C15H16F3NO3. The fourth-order valence-electron chi connectivity index (χ4n) is 2.75. The number of hydrogen-bond acceptors (Lipinski definition) is 2. The predicted molar refractivity (Wildman–Crippen MR) is 72.3 cm³/mol. The Morgan fingerprint density at radius 2 is 2.00 bits per heavy atom. The summed E-state index contributed by atoms with van der Waals surface area (Å²) >= 11 is 0. The third-order valence-electron chi connectivity index (χ3n) is 4.00. The Balaban J connectivity index is 2.26. The molecule has 1 N–H and O–H groups in total. The van der Waals surface area contributed by atoms with E-state index in [-0.39, 0.29) is 5.56 Å². The maximum absolute atomic E-state index is 12.7. The van der Waals surface area contributed by atoms with Gasteiger partial charge in [0.2, 0.25) is 0 Å². The van der Waals surface area contributed by atoms with Crippen molar-refractivity contribution >= 4 is 11.9 Å². The van der Waals surface area contributed by atoms with Gasteiger partial charge in [-0.2, -0.15) is 13.2 Å². The number of carbonyl (C=O) groups excluding carboxylic acids is 1. The third kappa shape index (κ3) is 3.23. The van der Waals surface area contributed by atoms with E-state index in [0.29, 0.717) is 19.4 Å². The highest BCUT2D eigenvalue weighted by Crippen LogP contribution is 2.31. The predicted octanol–water partition coefficient (Wildman–Crippen LogP) is 3.03. The molecule has 2 atom stereocenters. The zero-order valence-corrected chi connectivity index (χ0v) is 11.9. The van der Waals surface area contributed by atoms with Crippen LogP contribution in [0.25, 0.3) is 0 Å². The summed E-state index contributed by atoms with van der Waals surface area (Å²) < 4.78 is 38.1. The van der Waals surface area contributed by atoms with Crippen molar-refractivity contribution in [3.05, 3.63) is 35.4 Å². The molecule has 0 unspecified atom stereocenters. The molecule has 0 bridgehead atoms. The molecule has 1 aromatic rings. The second-order valence-corrected chi connectivity index (χ2v) is 5.40. The zero-order valence-electron chi connectivity index (χ0n) is 11.9. The van der Waals surface area contributed by atoms with Crippen LogP contribution in [-0.4, -0.2) is 34.5 Å². The average molecular weight is 315 g/mol. The van der Waals surface area contributed by atoms with Crippen molar-refractivity contribution in [2.45, 2.75) is 32.0 Å². The number of carbonyl (C=O) groups is 2. The average Bonchev–Trinajstić information content (AvgIpc) is 2.45. The van der Waals surface area contributed by atoms with Crippen molar-refractivity contribution < 1.29 is 27.9 Å². The van der Waals surface area contributed by atoms with Gasteiger partial charge >= 0.3 is 12.1 Å². The standard InChI is InChI=1S/C15H16F3NO3/c1-9-12(14(21)22)6-3-7-19(9)13(20)10-4-2-5-11(8-10)15(16,17)18/h2,4-5,8-9,12H,3,6-7H2,1H3,(H,21,22)/t9-,12-/m1/s1. The number of alkyl halides is 3. The molecule has 120 valence electrons. The van der Waals surface area contributed by atoms with Crippen molar-refractivity contribution in [2.75, 3.05) is 6.54 Å². The summed E-state index contributed by atoms with van der Waals surface area (Å²) in [5.74, 6) is -2.25. The minimum atomic E-state index is -4.52. The Morgan fingerprint density at radius 1 is 1.32 bits per heavy atom. The van der Waals surface area contributed by atoms with E-state index in [9.17, 15) is 22.8 Å². The Morgan fingerprint density at radius 3 is 2.59 bits per heavy atom. The molecule has 1 heterocycles. The van der Waals surface area contributed by atoms with Crippen LogP contribution in [0.15, 0.2) is 24.3 Å². The van der Waals surface area contributed by atoms with Gasteiger partial charge in [-0.1, -0.05) is 6.07 Å². The number of hydrogen-bond donors (Lipinski definition) is 1. The number of benzene rings is 1. The molecule has 0 spiro atoms. The molecule has 7 heteroatoms. The molecule has 1 aliphatic rings. The Hall–Kier alpha value is -2.05. The fraction of sp³-hybridized carbons (Fsp3) is 0.467. The number of nitrogens with zero attached hydrogens (tertiary/aromatic N) is 1. The number of aliphatic carboxylic acids is 1. The van der Waals surface area contributed by atoms with Gasteiger partial charge in [0.25, 0.3) is 5.91 Å². The molecule has 0 radical (unpaired) electrons. The topological polar surface area (TPSA) is 57.6 Å². The van der Waals surface area contributed by atoms with E-state index in [1.807, 2.05) is 0 Å². The van der Waals surface area contributed by atoms with E-state index in [2.05, 4.69) is 0 Å². The lowest BCUT2D eigenvalue weighted by molar-refractivity contribution is -0.145.